The van der Waals surface area contributed by atoms with Crippen molar-refractivity contribution in [3.63, 3.8) is 0 Å². The van der Waals surface area contributed by atoms with Crippen LogP contribution in [0.25, 0.3) is 0 Å². The normalized spacial score (nSPS) is 20.7. The van der Waals surface area contributed by atoms with E-state index in [1.165, 1.54) is 51.7 Å². The van der Waals surface area contributed by atoms with E-state index in [4.69, 9.17) is 0 Å². The number of rotatable bonds is 7. The number of hydrogen-bond donors (Lipinski definition) is 1. The first-order chi connectivity index (χ1) is 9.86. The highest BCUT2D eigenvalue weighted by Crippen LogP contribution is 2.34. The van der Waals surface area contributed by atoms with Gasteiger partial charge in [-0.25, -0.2) is 4.68 Å². The van der Waals surface area contributed by atoms with Gasteiger partial charge in [0.15, 0.2) is 5.82 Å². The quantitative estimate of drug-likeness (QED) is 0.812. The predicted octanol–water partition coefficient (Wildman–Crippen LogP) is 1.22. The van der Waals surface area contributed by atoms with Crippen LogP contribution in [0.2, 0.25) is 0 Å². The summed E-state index contributed by atoms with van der Waals surface area (Å²) >= 11 is 0. The minimum absolute atomic E-state index is 0.572. The van der Waals surface area contributed by atoms with Crippen LogP contribution in [0, 0.1) is 5.92 Å². The Morgan fingerprint density at radius 3 is 2.75 bits per heavy atom. The minimum atomic E-state index is 0.572. The summed E-state index contributed by atoms with van der Waals surface area (Å²) in [7, 11) is 0. The summed E-state index contributed by atoms with van der Waals surface area (Å²) in [4.78, 5) is 2.54. The van der Waals surface area contributed by atoms with Crippen molar-refractivity contribution in [3.8, 4) is 0 Å². The second kappa shape index (κ2) is 6.63. The molecule has 0 spiro atoms. The molecule has 0 unspecified atom stereocenters. The van der Waals surface area contributed by atoms with Crippen LogP contribution in [0.15, 0.2) is 0 Å². The van der Waals surface area contributed by atoms with Crippen molar-refractivity contribution >= 4 is 0 Å². The van der Waals surface area contributed by atoms with E-state index >= 15 is 0 Å². The largest absolute Gasteiger partial charge is 0.317 e. The average molecular weight is 278 g/mol. The molecule has 112 valence electrons. The third-order valence-electron chi connectivity index (χ3n) is 4.33. The molecule has 2 aliphatic rings. The number of aromatic nitrogens is 4. The van der Waals surface area contributed by atoms with Gasteiger partial charge in [-0.05, 0) is 68.1 Å². The van der Waals surface area contributed by atoms with E-state index in [2.05, 4.69) is 32.7 Å². The van der Waals surface area contributed by atoms with Crippen LogP contribution in [-0.4, -0.2) is 51.3 Å². The number of nitrogens with one attached hydrogen (secondary N) is 1. The fourth-order valence-electron chi connectivity index (χ4n) is 3.10. The van der Waals surface area contributed by atoms with Crippen LogP contribution in [0.4, 0.5) is 0 Å². The van der Waals surface area contributed by atoms with Gasteiger partial charge in [0.05, 0.1) is 12.6 Å². The van der Waals surface area contributed by atoms with Gasteiger partial charge in [-0.15, -0.1) is 5.10 Å². The number of piperidine rings is 1. The van der Waals surface area contributed by atoms with Crippen LogP contribution >= 0.6 is 0 Å². The number of hydrogen-bond acceptors (Lipinski definition) is 5. The Labute approximate surface area is 120 Å². The lowest BCUT2D eigenvalue weighted by Crippen LogP contribution is -2.36. The maximum absolute atomic E-state index is 4.24. The Morgan fingerprint density at radius 1 is 1.25 bits per heavy atom. The molecule has 2 fully saturated rings. The summed E-state index contributed by atoms with van der Waals surface area (Å²) in [5, 5.41) is 15.7. The van der Waals surface area contributed by atoms with Crippen molar-refractivity contribution < 1.29 is 0 Å². The van der Waals surface area contributed by atoms with E-state index < -0.39 is 0 Å². The smallest absolute Gasteiger partial charge is 0.165 e. The molecule has 0 amide bonds. The van der Waals surface area contributed by atoms with Crippen LogP contribution < -0.4 is 5.32 Å². The van der Waals surface area contributed by atoms with E-state index in [1.807, 2.05) is 4.68 Å². The Morgan fingerprint density at radius 2 is 2.05 bits per heavy atom. The molecule has 1 aromatic rings. The lowest BCUT2D eigenvalue weighted by atomic mass is 9.97. The summed E-state index contributed by atoms with van der Waals surface area (Å²) < 4.78 is 2.05. The van der Waals surface area contributed by atoms with Crippen LogP contribution in [-0.2, 0) is 6.54 Å². The molecule has 3 rings (SSSR count). The fraction of sp³-hybridized carbons (Fsp3) is 0.929. The first-order valence-electron chi connectivity index (χ1n) is 8.06. The monoisotopic (exact) mass is 278 g/mol. The van der Waals surface area contributed by atoms with E-state index in [0.29, 0.717) is 6.04 Å². The highest BCUT2D eigenvalue weighted by Gasteiger charge is 2.28. The van der Waals surface area contributed by atoms with Crippen LogP contribution in [0.3, 0.4) is 0 Å². The maximum atomic E-state index is 4.24. The molecular formula is C14H26N6. The third kappa shape index (κ3) is 3.55. The average Bonchev–Trinajstić information content (AvgIpc) is 3.21. The van der Waals surface area contributed by atoms with Gasteiger partial charge < -0.3 is 5.32 Å². The molecule has 2 heterocycles. The standard InChI is InChI=1S/C14H26N6/c1-2-9-19(10-12-5-7-15-8-6-12)11-14-16-17-18-20(14)13-3-4-13/h12-13,15H,2-11H2,1H3. The molecule has 1 aliphatic heterocycles. The number of nitrogens with zero attached hydrogens (tertiary/aromatic N) is 5. The third-order valence-corrected chi connectivity index (χ3v) is 4.33. The van der Waals surface area contributed by atoms with Crippen molar-refractivity contribution in [1.29, 1.82) is 0 Å². The van der Waals surface area contributed by atoms with Crippen molar-refractivity contribution in [2.75, 3.05) is 26.2 Å². The Kier molecular flexibility index (Phi) is 4.62. The predicted molar refractivity (Wildman–Crippen MR) is 77.2 cm³/mol. The molecule has 0 aromatic carbocycles. The molecule has 1 aliphatic carbocycles. The Balaban J connectivity index is 1.59. The van der Waals surface area contributed by atoms with E-state index in [1.54, 1.807) is 0 Å². The van der Waals surface area contributed by atoms with Crippen molar-refractivity contribution in [2.45, 2.75) is 51.6 Å². The summed E-state index contributed by atoms with van der Waals surface area (Å²) in [6.45, 7) is 7.82. The first-order valence-corrected chi connectivity index (χ1v) is 8.06. The van der Waals surface area contributed by atoms with E-state index in [-0.39, 0.29) is 0 Å². The molecule has 20 heavy (non-hydrogen) atoms. The van der Waals surface area contributed by atoms with Gasteiger partial charge in [-0.1, -0.05) is 6.92 Å². The van der Waals surface area contributed by atoms with Gasteiger partial charge in [0.2, 0.25) is 0 Å². The lowest BCUT2D eigenvalue weighted by molar-refractivity contribution is 0.192. The minimum Gasteiger partial charge on any atom is -0.317 e. The van der Waals surface area contributed by atoms with Crippen molar-refractivity contribution in [3.05, 3.63) is 5.82 Å². The zero-order valence-electron chi connectivity index (χ0n) is 12.5. The molecule has 6 heteroatoms. The van der Waals surface area contributed by atoms with Gasteiger partial charge in [-0.3, -0.25) is 4.90 Å². The Bertz CT molecular complexity index is 408. The summed E-state index contributed by atoms with van der Waals surface area (Å²) in [6.07, 6.45) is 6.26. The molecule has 0 bridgehead atoms. The van der Waals surface area contributed by atoms with Gasteiger partial charge in [0, 0.05) is 6.54 Å². The highest BCUT2D eigenvalue weighted by molar-refractivity contribution is 4.90. The lowest BCUT2D eigenvalue weighted by Gasteiger charge is -2.29. The summed E-state index contributed by atoms with van der Waals surface area (Å²) in [5.41, 5.74) is 0. The fourth-order valence-corrected chi connectivity index (χ4v) is 3.10. The van der Waals surface area contributed by atoms with Crippen LogP contribution in [0.5, 0.6) is 0 Å². The van der Waals surface area contributed by atoms with E-state index in [0.717, 1.165) is 24.8 Å². The van der Waals surface area contributed by atoms with Crippen molar-refractivity contribution in [2.24, 2.45) is 5.92 Å². The van der Waals surface area contributed by atoms with Crippen LogP contribution in [0.1, 0.15) is 50.9 Å². The molecule has 1 saturated heterocycles. The van der Waals surface area contributed by atoms with Gasteiger partial charge >= 0.3 is 0 Å². The van der Waals surface area contributed by atoms with Gasteiger partial charge in [0.25, 0.3) is 0 Å². The topological polar surface area (TPSA) is 58.9 Å². The zero-order chi connectivity index (χ0) is 13.8. The SMILES string of the molecule is CCCN(Cc1nnnn1C1CC1)CC1CCNCC1. The zero-order valence-corrected chi connectivity index (χ0v) is 12.5. The van der Waals surface area contributed by atoms with E-state index in [9.17, 15) is 0 Å². The molecular weight excluding hydrogens is 252 g/mol. The van der Waals surface area contributed by atoms with Gasteiger partial charge in [-0.2, -0.15) is 0 Å². The second-order valence-corrected chi connectivity index (χ2v) is 6.20. The first kappa shape index (κ1) is 13.9. The molecule has 6 nitrogen and oxygen atoms in total. The van der Waals surface area contributed by atoms with Gasteiger partial charge in [0.1, 0.15) is 0 Å². The van der Waals surface area contributed by atoms with Crippen molar-refractivity contribution in [1.82, 2.24) is 30.4 Å². The molecule has 1 N–H and O–H groups in total. The Hall–Kier alpha value is -1.01. The summed E-state index contributed by atoms with van der Waals surface area (Å²) in [6, 6.07) is 0.572. The number of tetrazole rings is 1. The molecule has 1 saturated carbocycles. The molecule has 0 radical (unpaired) electrons. The molecule has 0 atom stereocenters. The second-order valence-electron chi connectivity index (χ2n) is 6.20. The maximum Gasteiger partial charge on any atom is 0.165 e. The highest BCUT2D eigenvalue weighted by atomic mass is 15.6. The summed E-state index contributed by atoms with van der Waals surface area (Å²) in [5.74, 6) is 1.88. The molecule has 1 aromatic heterocycles.